The lowest BCUT2D eigenvalue weighted by Crippen LogP contribution is -2.48. The monoisotopic (exact) mass is 1090 g/mol. The van der Waals surface area contributed by atoms with Crippen LogP contribution in [0, 0.1) is 18.7 Å². The number of esters is 1. The molecule has 6 amide bonds. The van der Waals surface area contributed by atoms with Gasteiger partial charge in [0.15, 0.2) is 17.2 Å². The highest BCUT2D eigenvalue weighted by atomic mass is 19.1. The van der Waals surface area contributed by atoms with Gasteiger partial charge in [0, 0.05) is 92.1 Å². The number of pyridine rings is 2. The van der Waals surface area contributed by atoms with Gasteiger partial charge in [-0.25, -0.2) is 14.2 Å². The highest BCUT2D eigenvalue weighted by Crippen LogP contribution is 2.46. The first-order valence-corrected chi connectivity index (χ1v) is 26.0. The molecule has 2 aromatic heterocycles. The number of Topliss-reactive ketones (excluding diaryl/α,β-unsaturated/α-hetero) is 3. The molecular weight excluding hydrogens is 1030 g/mol. The number of amides is 6. The maximum Gasteiger partial charge on any atom is 0.343 e. The third-order valence-corrected chi connectivity index (χ3v) is 14.9. The van der Waals surface area contributed by atoms with E-state index in [1.165, 1.54) is 16.7 Å². The number of aliphatic hydroxyl groups is 1. The number of ketones is 3. The van der Waals surface area contributed by atoms with Crippen LogP contribution in [0.15, 0.2) is 59.4 Å². The number of nitrogens with one attached hydrogen (secondary N) is 4. The van der Waals surface area contributed by atoms with Crippen molar-refractivity contribution in [1.29, 1.82) is 0 Å². The van der Waals surface area contributed by atoms with E-state index in [1.807, 2.05) is 0 Å². The van der Waals surface area contributed by atoms with E-state index >= 15 is 4.39 Å². The van der Waals surface area contributed by atoms with Gasteiger partial charge in [-0.3, -0.25) is 57.6 Å². The normalized spacial score (nSPS) is 17.5. The van der Waals surface area contributed by atoms with Crippen LogP contribution in [0.1, 0.15) is 116 Å². The van der Waals surface area contributed by atoms with Gasteiger partial charge in [0.1, 0.15) is 24.2 Å². The molecule has 0 unspecified atom stereocenters. The second-order valence-corrected chi connectivity index (χ2v) is 20.1. The number of benzene rings is 2. The lowest BCUT2D eigenvalue weighted by atomic mass is 9.81. The first-order chi connectivity index (χ1) is 37.7. The number of fused-ring (bicyclic) bond motifs is 5. The van der Waals surface area contributed by atoms with E-state index < -0.39 is 126 Å². The predicted octanol–water partition coefficient (Wildman–Crippen LogP) is 2.04. The molecule has 22 nitrogen and oxygen atoms in total. The first-order valence-electron chi connectivity index (χ1n) is 26.0. The van der Waals surface area contributed by atoms with Crippen LogP contribution in [0.3, 0.4) is 0 Å². The number of halogens is 1. The Labute approximate surface area is 450 Å². The van der Waals surface area contributed by atoms with Crippen molar-refractivity contribution in [2.24, 2.45) is 5.92 Å². The fourth-order valence-electron chi connectivity index (χ4n) is 10.5. The second kappa shape index (κ2) is 24.0. The number of ether oxygens (including phenoxy) is 1. The van der Waals surface area contributed by atoms with E-state index in [-0.39, 0.29) is 111 Å². The molecule has 2 aromatic carbocycles. The third kappa shape index (κ3) is 12.4. The number of aryl methyl sites for hydroxylation is 1. The standard InChI is InChI=1S/C56H58FN7O15/c1-3-56(78)38-23-43-51-36(27-64(43)54(76)37(38)28-79-55(56)77)50-40(12-11-35-29(2)39(57)24-42(61-51)49(35)50)62-53(75)41(13-18-48(72)73)60-45(69)15-10-33(66)25-59-52(74)31(21-30-7-5-4-6-8-30)22-34(67)26-58-44(68)14-9-32(65)19-20-63-46(70)16-17-47(63)71/h4-8,16-17,23-24,31,40-41,78H,3,9-15,18-22,25-28H2,1-2H3,(H,58,68)(H,59,74)(H,60,69)(H,62,75)(H,72,73)/t31-,40+,41+,56+/m1/s1. The van der Waals surface area contributed by atoms with Crippen molar-refractivity contribution in [2.75, 3.05) is 19.6 Å². The van der Waals surface area contributed by atoms with Crippen LogP contribution in [-0.2, 0) is 89.1 Å². The number of carboxylic acid groups (broad SMARTS) is 1. The van der Waals surface area contributed by atoms with Crippen LogP contribution in [0.4, 0.5) is 4.39 Å². The highest BCUT2D eigenvalue weighted by molar-refractivity contribution is 6.13. The number of carboxylic acids is 1. The van der Waals surface area contributed by atoms with Gasteiger partial charge in [-0.1, -0.05) is 37.3 Å². The van der Waals surface area contributed by atoms with Crippen molar-refractivity contribution < 1.29 is 72.1 Å². The van der Waals surface area contributed by atoms with Crippen molar-refractivity contribution in [3.05, 3.63) is 110 Å². The summed E-state index contributed by atoms with van der Waals surface area (Å²) in [5.74, 6) is -9.02. The molecule has 8 rings (SSSR count). The average Bonchev–Trinajstić information content (AvgIpc) is 4.14. The fourth-order valence-corrected chi connectivity index (χ4v) is 10.5. The lowest BCUT2D eigenvalue weighted by molar-refractivity contribution is -0.172. The molecule has 3 aliphatic heterocycles. The maximum absolute atomic E-state index is 15.5. The Morgan fingerprint density at radius 2 is 1.53 bits per heavy atom. The molecule has 0 fully saturated rings. The summed E-state index contributed by atoms with van der Waals surface area (Å²) in [6.45, 7) is 1.67. The number of hydrogen-bond acceptors (Lipinski definition) is 15. The van der Waals surface area contributed by atoms with Crippen molar-refractivity contribution in [2.45, 2.75) is 122 Å². The van der Waals surface area contributed by atoms with E-state index in [4.69, 9.17) is 9.72 Å². The van der Waals surface area contributed by atoms with Gasteiger partial charge in [-0.15, -0.1) is 0 Å². The Bertz CT molecular complexity index is 3320. The van der Waals surface area contributed by atoms with Crippen molar-refractivity contribution in [1.82, 2.24) is 35.7 Å². The van der Waals surface area contributed by atoms with E-state index in [0.717, 1.165) is 17.1 Å². The summed E-state index contributed by atoms with van der Waals surface area (Å²) in [7, 11) is 0. The number of carbonyl (C=O) groups excluding carboxylic acids is 10. The summed E-state index contributed by atoms with van der Waals surface area (Å²) in [6.07, 6.45) is 0.0314. The van der Waals surface area contributed by atoms with Crippen molar-refractivity contribution in [3.63, 3.8) is 0 Å². The molecule has 4 atom stereocenters. The predicted molar refractivity (Wildman–Crippen MR) is 275 cm³/mol. The summed E-state index contributed by atoms with van der Waals surface area (Å²) in [4.78, 5) is 160. The molecule has 79 heavy (non-hydrogen) atoms. The van der Waals surface area contributed by atoms with Crippen LogP contribution < -0.4 is 26.8 Å². The Kier molecular flexibility index (Phi) is 17.2. The Balaban J connectivity index is 0.886. The van der Waals surface area contributed by atoms with Gasteiger partial charge in [0.05, 0.1) is 48.1 Å². The average molecular weight is 1090 g/mol. The summed E-state index contributed by atoms with van der Waals surface area (Å²) in [5.41, 5.74) is 1.01. The minimum atomic E-state index is -2.11. The van der Waals surface area contributed by atoms with E-state index in [0.29, 0.717) is 33.2 Å². The molecule has 4 aromatic rings. The topological polar surface area (TPSA) is 324 Å². The molecular formula is C56H58FN7O15. The van der Waals surface area contributed by atoms with Gasteiger partial charge in [-0.2, -0.15) is 0 Å². The zero-order chi connectivity index (χ0) is 56.9. The maximum atomic E-state index is 15.5. The van der Waals surface area contributed by atoms with Gasteiger partial charge in [0.25, 0.3) is 17.4 Å². The molecule has 5 heterocycles. The number of hydrogen-bond donors (Lipinski definition) is 6. The number of rotatable bonds is 25. The van der Waals surface area contributed by atoms with Gasteiger partial charge in [-0.05, 0) is 67.3 Å². The molecule has 1 aliphatic carbocycles. The van der Waals surface area contributed by atoms with E-state index in [9.17, 15) is 67.7 Å². The largest absolute Gasteiger partial charge is 0.481 e. The molecule has 414 valence electrons. The molecule has 4 aliphatic rings. The number of imide groups is 1. The van der Waals surface area contributed by atoms with E-state index in [1.54, 1.807) is 44.2 Å². The van der Waals surface area contributed by atoms with Gasteiger partial charge < -0.3 is 40.8 Å². The number of cyclic esters (lactones) is 1. The molecule has 0 bridgehead atoms. The van der Waals surface area contributed by atoms with Gasteiger partial charge in [0.2, 0.25) is 23.6 Å². The van der Waals surface area contributed by atoms with Crippen LogP contribution in [0.5, 0.6) is 0 Å². The first kappa shape index (κ1) is 56.6. The van der Waals surface area contributed by atoms with E-state index in [2.05, 4.69) is 21.3 Å². The molecule has 0 saturated heterocycles. The molecule has 0 saturated carbocycles. The Morgan fingerprint density at radius 1 is 0.835 bits per heavy atom. The smallest absolute Gasteiger partial charge is 0.343 e. The summed E-state index contributed by atoms with van der Waals surface area (Å²) in [6, 6.07) is 9.27. The van der Waals surface area contributed by atoms with Crippen molar-refractivity contribution in [3.8, 4) is 11.4 Å². The number of aromatic nitrogens is 2. The van der Waals surface area contributed by atoms with Crippen LogP contribution in [0.25, 0.3) is 22.3 Å². The minimum absolute atomic E-state index is 0.0434. The number of nitrogens with zero attached hydrogens (tertiary/aromatic N) is 3. The fraction of sp³-hybridized carbons (Fsp3) is 0.411. The summed E-state index contributed by atoms with van der Waals surface area (Å²) >= 11 is 0. The summed E-state index contributed by atoms with van der Waals surface area (Å²) in [5, 5.41) is 32.0. The molecule has 6 N–H and O–H groups in total. The minimum Gasteiger partial charge on any atom is -0.481 e. The van der Waals surface area contributed by atoms with Crippen LogP contribution in [-0.4, -0.2) is 115 Å². The number of aliphatic carboxylic acids is 1. The van der Waals surface area contributed by atoms with Crippen molar-refractivity contribution >= 4 is 75.6 Å². The molecule has 0 radical (unpaired) electrons. The lowest BCUT2D eigenvalue weighted by Gasteiger charge is -2.31. The Hall–Kier alpha value is -8.60. The Morgan fingerprint density at radius 3 is 2.24 bits per heavy atom. The molecule has 23 heteroatoms. The van der Waals surface area contributed by atoms with Crippen LogP contribution >= 0.6 is 0 Å². The third-order valence-electron chi connectivity index (χ3n) is 14.9. The zero-order valence-electron chi connectivity index (χ0n) is 43.4. The van der Waals surface area contributed by atoms with Gasteiger partial charge >= 0.3 is 11.9 Å². The highest BCUT2D eigenvalue weighted by Gasteiger charge is 2.46. The zero-order valence-corrected chi connectivity index (χ0v) is 43.4. The second-order valence-electron chi connectivity index (χ2n) is 20.1. The number of carbonyl (C=O) groups is 11. The molecule has 0 spiro atoms. The summed E-state index contributed by atoms with van der Waals surface area (Å²) < 4.78 is 22.1. The van der Waals surface area contributed by atoms with Crippen LogP contribution in [0.2, 0.25) is 0 Å². The quantitative estimate of drug-likeness (QED) is 0.0360. The SMILES string of the molecule is CC[C@@]1(O)C(=O)OCc2c1cc1n(c2=O)Cc2c-1nc1cc(F)c(C)c3c1c2[C@@H](NC(=O)[C@H](CCC(=O)O)NC(=O)CCC(=O)CNC(=O)[C@@H](CC(=O)CNC(=O)CCC(=O)CCN1C(=O)C=CC1=O)Cc1ccccc1)CC3.